The molecule has 0 unspecified atom stereocenters. The first-order valence-electron chi connectivity index (χ1n) is 15.4. The fourth-order valence-electron chi connectivity index (χ4n) is 5.12. The van der Waals surface area contributed by atoms with E-state index < -0.39 is 13.7 Å². The standard InChI is InChI=1S/C22H12N3.C13H12N.Ir/c1-2-10-20-14(6-1)17-12-23-13-18-15-7-5-8-16(19-9-3-4-11-24-19)21(15)25(20)22(17)18;1-10-3-6-12(7-4-10)13-8-5-11(2)9-14-13;/h1-7,9-13H;3-6,8-9H,1-2H3;/q2*-1;/i;1D3,2D3;. The molecule has 3 aromatic carbocycles. The molecule has 8 aromatic rings. The Kier molecular flexibility index (Phi) is 5.20. The summed E-state index contributed by atoms with van der Waals surface area (Å²) < 4.78 is 46.0. The molecular formula is C35H24IrN4-2. The third kappa shape index (κ3) is 4.34. The summed E-state index contributed by atoms with van der Waals surface area (Å²) in [6.45, 7) is -4.34. The van der Waals surface area contributed by atoms with Gasteiger partial charge in [-0.1, -0.05) is 54.7 Å². The molecule has 40 heavy (non-hydrogen) atoms. The second-order valence-electron chi connectivity index (χ2n) is 9.19. The fraction of sp³-hybridized carbons (Fsp3) is 0.0571. The second-order valence-corrected chi connectivity index (χ2v) is 9.19. The molecule has 5 heterocycles. The SMILES string of the molecule is [2H]C([2H])([2H])c1c[c-]c(-c2ccc(C([2H])([2H])[2H])cn2)cc1.[Ir].[c-]1ccc2c3cncc4c5ccccc5n(c2c1-c1ccccn1)c43. The summed E-state index contributed by atoms with van der Waals surface area (Å²) in [6.07, 6.45) is 7.06. The molecule has 0 saturated carbocycles. The van der Waals surface area contributed by atoms with E-state index in [1.54, 1.807) is 12.1 Å². The summed E-state index contributed by atoms with van der Waals surface area (Å²) in [6, 6.07) is 32.5. The molecule has 5 aromatic heterocycles. The smallest absolute Gasteiger partial charge is 0.0547 e. The largest absolute Gasteiger partial charge is 0.350 e. The normalized spacial score (nSPS) is 13.9. The molecule has 8 rings (SSSR count). The van der Waals surface area contributed by atoms with Gasteiger partial charge in [-0.05, 0) is 41.5 Å². The first-order chi connectivity index (χ1) is 21.6. The maximum Gasteiger partial charge on any atom is 0.0547 e. The van der Waals surface area contributed by atoms with Crippen LogP contribution in [0.4, 0.5) is 0 Å². The van der Waals surface area contributed by atoms with E-state index in [2.05, 4.69) is 61.8 Å². The monoisotopic (exact) mass is 699 g/mol. The van der Waals surface area contributed by atoms with Crippen molar-refractivity contribution in [3.05, 3.63) is 133 Å². The van der Waals surface area contributed by atoms with Crippen LogP contribution in [0.3, 0.4) is 0 Å². The summed E-state index contributed by atoms with van der Waals surface area (Å²) >= 11 is 0. The molecule has 0 aliphatic carbocycles. The Labute approximate surface area is 254 Å². The van der Waals surface area contributed by atoms with Crippen LogP contribution in [0, 0.1) is 25.8 Å². The summed E-state index contributed by atoms with van der Waals surface area (Å²) in [5.74, 6) is 0. The molecule has 0 atom stereocenters. The van der Waals surface area contributed by atoms with Crippen LogP contribution >= 0.6 is 0 Å². The number of aryl methyl sites for hydroxylation is 2. The second kappa shape index (κ2) is 10.6. The first kappa shape index (κ1) is 19.6. The Balaban J connectivity index is 0.000000163. The van der Waals surface area contributed by atoms with Crippen LogP contribution in [-0.4, -0.2) is 19.4 Å². The van der Waals surface area contributed by atoms with E-state index in [4.69, 9.17) is 8.22 Å². The van der Waals surface area contributed by atoms with Gasteiger partial charge in [0.25, 0.3) is 0 Å². The Morgan fingerprint density at radius 3 is 2.25 bits per heavy atom. The van der Waals surface area contributed by atoms with Crippen LogP contribution in [0.1, 0.15) is 19.4 Å². The van der Waals surface area contributed by atoms with Crippen LogP contribution in [0.15, 0.2) is 110 Å². The van der Waals surface area contributed by atoms with Crippen LogP contribution in [0.5, 0.6) is 0 Å². The van der Waals surface area contributed by atoms with Crippen LogP contribution in [0.25, 0.3) is 60.6 Å². The zero-order valence-corrected chi connectivity index (χ0v) is 23.4. The van der Waals surface area contributed by atoms with Crippen molar-refractivity contribution in [2.45, 2.75) is 13.7 Å². The zero-order chi connectivity index (χ0) is 31.3. The molecular weight excluding hydrogens is 669 g/mol. The number of nitrogens with zero attached hydrogens (tertiary/aromatic N) is 4. The van der Waals surface area contributed by atoms with Crippen LogP contribution in [0.2, 0.25) is 0 Å². The molecule has 1 radical (unpaired) electrons. The van der Waals surface area contributed by atoms with Gasteiger partial charge >= 0.3 is 0 Å². The molecule has 0 aliphatic heterocycles. The molecule has 0 spiro atoms. The van der Waals surface area contributed by atoms with Crippen LogP contribution in [-0.2, 0) is 20.1 Å². The van der Waals surface area contributed by atoms with Crippen molar-refractivity contribution < 1.29 is 28.3 Å². The van der Waals surface area contributed by atoms with Gasteiger partial charge in [0.05, 0.1) is 5.52 Å². The molecule has 0 bridgehead atoms. The maximum atomic E-state index is 7.28. The van der Waals surface area contributed by atoms with Gasteiger partial charge in [0.2, 0.25) is 0 Å². The van der Waals surface area contributed by atoms with Gasteiger partial charge < -0.3 is 14.4 Å². The minimum atomic E-state index is -2.18. The molecule has 0 aliphatic rings. The predicted molar refractivity (Wildman–Crippen MR) is 159 cm³/mol. The van der Waals surface area contributed by atoms with E-state index >= 15 is 0 Å². The number of pyridine rings is 3. The van der Waals surface area contributed by atoms with Crippen molar-refractivity contribution in [1.29, 1.82) is 0 Å². The van der Waals surface area contributed by atoms with Crippen molar-refractivity contribution in [1.82, 2.24) is 19.4 Å². The topological polar surface area (TPSA) is 43.1 Å². The molecule has 195 valence electrons. The van der Waals surface area contributed by atoms with Gasteiger partial charge in [0, 0.05) is 74.8 Å². The van der Waals surface area contributed by atoms with E-state index in [-0.39, 0.29) is 31.2 Å². The quantitative estimate of drug-likeness (QED) is 0.171. The van der Waals surface area contributed by atoms with Gasteiger partial charge in [-0.25, -0.2) is 0 Å². The maximum absolute atomic E-state index is 7.28. The molecule has 0 saturated heterocycles. The average molecular weight is 699 g/mol. The van der Waals surface area contributed by atoms with E-state index in [0.717, 1.165) is 16.8 Å². The molecule has 0 N–H and O–H groups in total. The van der Waals surface area contributed by atoms with Gasteiger partial charge in [-0.15, -0.1) is 59.2 Å². The summed E-state index contributed by atoms with van der Waals surface area (Å²) in [5.41, 5.74) is 7.08. The number of aromatic nitrogens is 4. The molecule has 4 nitrogen and oxygen atoms in total. The minimum Gasteiger partial charge on any atom is -0.350 e. The molecule has 0 amide bonds. The zero-order valence-electron chi connectivity index (χ0n) is 27.0. The number of benzene rings is 3. The van der Waals surface area contributed by atoms with E-state index in [9.17, 15) is 0 Å². The summed E-state index contributed by atoms with van der Waals surface area (Å²) in [4.78, 5) is 13.1. The fourth-order valence-corrected chi connectivity index (χ4v) is 5.12. The Morgan fingerprint density at radius 1 is 0.675 bits per heavy atom. The van der Waals surface area contributed by atoms with Crippen molar-refractivity contribution in [3.8, 4) is 22.5 Å². The van der Waals surface area contributed by atoms with Crippen LogP contribution < -0.4 is 0 Å². The summed E-state index contributed by atoms with van der Waals surface area (Å²) in [5, 5.41) is 4.79. The van der Waals surface area contributed by atoms with Crippen molar-refractivity contribution >= 4 is 38.1 Å². The minimum absolute atomic E-state index is 0. The predicted octanol–water partition coefficient (Wildman–Crippen LogP) is 8.26. The van der Waals surface area contributed by atoms with Crippen molar-refractivity contribution in [2.75, 3.05) is 0 Å². The van der Waals surface area contributed by atoms with Gasteiger partial charge in [-0.3, -0.25) is 4.98 Å². The number of hydrogen-bond acceptors (Lipinski definition) is 3. The molecule has 5 heteroatoms. The number of para-hydroxylation sites is 1. The Bertz CT molecular complexity index is 2220. The Morgan fingerprint density at radius 2 is 1.50 bits per heavy atom. The third-order valence-electron chi connectivity index (χ3n) is 6.83. The van der Waals surface area contributed by atoms with Gasteiger partial charge in [-0.2, -0.15) is 0 Å². The average Bonchev–Trinajstić information content (AvgIpc) is 3.57. The van der Waals surface area contributed by atoms with Gasteiger partial charge in [0.1, 0.15) is 0 Å². The number of rotatable bonds is 2. The van der Waals surface area contributed by atoms with Crippen molar-refractivity contribution in [2.24, 2.45) is 0 Å². The first-order valence-corrected chi connectivity index (χ1v) is 12.4. The van der Waals surface area contributed by atoms with Gasteiger partial charge in [0.15, 0.2) is 0 Å². The molecule has 0 fully saturated rings. The van der Waals surface area contributed by atoms with E-state index in [1.807, 2.05) is 42.9 Å². The summed E-state index contributed by atoms with van der Waals surface area (Å²) in [7, 11) is 0. The van der Waals surface area contributed by atoms with E-state index in [0.29, 0.717) is 11.3 Å². The van der Waals surface area contributed by atoms with E-state index in [1.165, 1.54) is 57.0 Å². The van der Waals surface area contributed by atoms with Crippen molar-refractivity contribution in [3.63, 3.8) is 0 Å². The Hall–Kier alpha value is -4.44. The third-order valence-corrected chi connectivity index (χ3v) is 6.83. The number of fused-ring (bicyclic) bond motifs is 6. The number of hydrogen-bond donors (Lipinski definition) is 0.